The van der Waals surface area contributed by atoms with Gasteiger partial charge in [0.1, 0.15) is 0 Å². The highest BCUT2D eigenvalue weighted by molar-refractivity contribution is 5.32. The van der Waals surface area contributed by atoms with E-state index in [0.29, 0.717) is 13.0 Å². The molecule has 2 nitrogen and oxygen atoms in total. The Morgan fingerprint density at radius 3 is 2.32 bits per heavy atom. The van der Waals surface area contributed by atoms with Gasteiger partial charge in [0.2, 0.25) is 0 Å². The molecule has 0 amide bonds. The fourth-order valence-electron chi connectivity index (χ4n) is 2.30. The third-order valence-corrected chi connectivity index (χ3v) is 3.39. The van der Waals surface area contributed by atoms with Crippen molar-refractivity contribution in [3.05, 3.63) is 70.8 Å². The minimum Gasteiger partial charge on any atom is -0.388 e. The van der Waals surface area contributed by atoms with Gasteiger partial charge in [-0.25, -0.2) is 0 Å². The minimum atomic E-state index is -0.493. The predicted molar refractivity (Wildman–Crippen MR) is 77.0 cm³/mol. The molecule has 2 rings (SSSR count). The normalized spacial score (nSPS) is 12.4. The molecule has 2 aromatic rings. The first kappa shape index (κ1) is 13.8. The monoisotopic (exact) mass is 256 g/mol. The maximum absolute atomic E-state index is 10.5. The van der Waals surface area contributed by atoms with Crippen LogP contribution in [0, 0.1) is 6.92 Å². The van der Waals surface area contributed by atoms with Gasteiger partial charge in [0.15, 0.2) is 0 Å². The zero-order valence-corrected chi connectivity index (χ0v) is 11.5. The largest absolute Gasteiger partial charge is 0.388 e. The van der Waals surface area contributed by atoms with Gasteiger partial charge in [-0.15, -0.1) is 0 Å². The summed E-state index contributed by atoms with van der Waals surface area (Å²) in [7, 11) is 1.67. The van der Waals surface area contributed by atoms with Crippen LogP contribution in [0.15, 0.2) is 48.5 Å². The van der Waals surface area contributed by atoms with Crippen molar-refractivity contribution in [3.63, 3.8) is 0 Å². The lowest BCUT2D eigenvalue weighted by molar-refractivity contribution is 0.161. The SMILES string of the molecule is COCc1ccccc1C(O)Cc1ccccc1C. The maximum Gasteiger partial charge on any atom is 0.0833 e. The van der Waals surface area contributed by atoms with E-state index in [4.69, 9.17) is 4.74 Å². The van der Waals surface area contributed by atoms with Crippen molar-refractivity contribution in [1.82, 2.24) is 0 Å². The average molecular weight is 256 g/mol. The van der Waals surface area contributed by atoms with Gasteiger partial charge in [-0.3, -0.25) is 0 Å². The summed E-state index contributed by atoms with van der Waals surface area (Å²) in [6.07, 6.45) is 0.139. The van der Waals surface area contributed by atoms with Crippen molar-refractivity contribution in [2.75, 3.05) is 7.11 Å². The van der Waals surface area contributed by atoms with E-state index in [2.05, 4.69) is 19.1 Å². The Morgan fingerprint density at radius 1 is 1.00 bits per heavy atom. The van der Waals surface area contributed by atoms with Crippen molar-refractivity contribution in [1.29, 1.82) is 0 Å². The molecule has 0 saturated carbocycles. The minimum absolute atomic E-state index is 0.493. The van der Waals surface area contributed by atoms with E-state index in [1.807, 2.05) is 36.4 Å². The lowest BCUT2D eigenvalue weighted by Gasteiger charge is -2.16. The van der Waals surface area contributed by atoms with Gasteiger partial charge in [-0.1, -0.05) is 48.5 Å². The standard InChI is InChI=1S/C17H20O2/c1-13-7-3-4-8-14(13)11-17(18)16-10-6-5-9-15(16)12-19-2/h3-10,17-18H,11-12H2,1-2H3. The summed E-state index contributed by atoms with van der Waals surface area (Å²) in [5, 5.41) is 10.5. The third-order valence-electron chi connectivity index (χ3n) is 3.39. The van der Waals surface area contributed by atoms with Crippen molar-refractivity contribution in [2.24, 2.45) is 0 Å². The molecule has 0 aliphatic heterocycles. The number of methoxy groups -OCH3 is 1. The zero-order valence-electron chi connectivity index (χ0n) is 11.5. The van der Waals surface area contributed by atoms with Gasteiger partial charge < -0.3 is 9.84 Å². The topological polar surface area (TPSA) is 29.5 Å². The second-order valence-electron chi connectivity index (χ2n) is 4.78. The molecule has 1 atom stereocenters. The maximum atomic E-state index is 10.5. The highest BCUT2D eigenvalue weighted by Gasteiger charge is 2.13. The number of aliphatic hydroxyl groups is 1. The first-order valence-electron chi connectivity index (χ1n) is 6.51. The second kappa shape index (κ2) is 6.50. The Bertz CT molecular complexity index is 534. The molecule has 1 unspecified atom stereocenters. The van der Waals surface area contributed by atoms with Crippen LogP contribution in [0.5, 0.6) is 0 Å². The van der Waals surface area contributed by atoms with Gasteiger partial charge in [0.25, 0.3) is 0 Å². The summed E-state index contributed by atoms with van der Waals surface area (Å²) in [5.41, 5.74) is 4.40. The molecule has 0 aliphatic rings. The van der Waals surface area contributed by atoms with Gasteiger partial charge in [-0.2, -0.15) is 0 Å². The number of aryl methyl sites for hydroxylation is 1. The Balaban J connectivity index is 2.20. The Kier molecular flexibility index (Phi) is 4.72. The van der Waals surface area contributed by atoms with Crippen LogP contribution >= 0.6 is 0 Å². The van der Waals surface area contributed by atoms with E-state index in [9.17, 15) is 5.11 Å². The molecule has 0 bridgehead atoms. The van der Waals surface area contributed by atoms with Crippen LogP contribution in [0.1, 0.15) is 28.4 Å². The number of benzene rings is 2. The summed E-state index contributed by atoms with van der Waals surface area (Å²) < 4.78 is 5.18. The Hall–Kier alpha value is -1.64. The highest BCUT2D eigenvalue weighted by atomic mass is 16.5. The lowest BCUT2D eigenvalue weighted by atomic mass is 9.95. The molecular formula is C17H20O2. The van der Waals surface area contributed by atoms with E-state index in [1.165, 1.54) is 11.1 Å². The van der Waals surface area contributed by atoms with Crippen LogP contribution in [-0.2, 0) is 17.8 Å². The van der Waals surface area contributed by atoms with Crippen LogP contribution in [0.25, 0.3) is 0 Å². The first-order chi connectivity index (χ1) is 9.22. The molecule has 2 aromatic carbocycles. The van der Waals surface area contributed by atoms with Gasteiger partial charge in [0.05, 0.1) is 12.7 Å². The highest BCUT2D eigenvalue weighted by Crippen LogP contribution is 2.23. The van der Waals surface area contributed by atoms with Crippen molar-refractivity contribution < 1.29 is 9.84 Å². The van der Waals surface area contributed by atoms with E-state index in [0.717, 1.165) is 11.1 Å². The molecule has 0 aliphatic carbocycles. The zero-order chi connectivity index (χ0) is 13.7. The number of ether oxygens (including phenoxy) is 1. The molecule has 1 N–H and O–H groups in total. The summed E-state index contributed by atoms with van der Waals surface area (Å²) in [5.74, 6) is 0. The van der Waals surface area contributed by atoms with Crippen LogP contribution in [0.3, 0.4) is 0 Å². The summed E-state index contributed by atoms with van der Waals surface area (Å²) in [4.78, 5) is 0. The number of hydrogen-bond donors (Lipinski definition) is 1. The van der Waals surface area contributed by atoms with E-state index < -0.39 is 6.10 Å². The average Bonchev–Trinajstić information content (AvgIpc) is 2.42. The fraction of sp³-hybridized carbons (Fsp3) is 0.294. The number of rotatable bonds is 5. The van der Waals surface area contributed by atoms with Crippen LogP contribution < -0.4 is 0 Å². The summed E-state index contributed by atoms with van der Waals surface area (Å²) in [6, 6.07) is 16.1. The van der Waals surface area contributed by atoms with E-state index in [1.54, 1.807) is 7.11 Å². The quantitative estimate of drug-likeness (QED) is 0.888. The Morgan fingerprint density at radius 2 is 1.63 bits per heavy atom. The van der Waals surface area contributed by atoms with Crippen molar-refractivity contribution in [3.8, 4) is 0 Å². The summed E-state index contributed by atoms with van der Waals surface area (Å²) in [6.45, 7) is 2.60. The fourth-order valence-corrected chi connectivity index (χ4v) is 2.30. The second-order valence-corrected chi connectivity index (χ2v) is 4.78. The van der Waals surface area contributed by atoms with Gasteiger partial charge >= 0.3 is 0 Å². The van der Waals surface area contributed by atoms with Crippen LogP contribution in [0.2, 0.25) is 0 Å². The smallest absolute Gasteiger partial charge is 0.0833 e. The lowest BCUT2D eigenvalue weighted by Crippen LogP contribution is -2.07. The van der Waals surface area contributed by atoms with E-state index >= 15 is 0 Å². The van der Waals surface area contributed by atoms with Gasteiger partial charge in [0, 0.05) is 13.5 Å². The predicted octanol–water partition coefficient (Wildman–Crippen LogP) is 3.42. The first-order valence-corrected chi connectivity index (χ1v) is 6.51. The number of hydrogen-bond acceptors (Lipinski definition) is 2. The molecule has 0 fully saturated rings. The molecule has 0 heterocycles. The molecule has 19 heavy (non-hydrogen) atoms. The van der Waals surface area contributed by atoms with Crippen molar-refractivity contribution >= 4 is 0 Å². The third kappa shape index (κ3) is 3.43. The molecule has 2 heteroatoms. The van der Waals surface area contributed by atoms with E-state index in [-0.39, 0.29) is 0 Å². The van der Waals surface area contributed by atoms with Crippen molar-refractivity contribution in [2.45, 2.75) is 26.1 Å². The Labute approximate surface area is 114 Å². The van der Waals surface area contributed by atoms with Crippen LogP contribution in [-0.4, -0.2) is 12.2 Å². The van der Waals surface area contributed by atoms with Crippen LogP contribution in [0.4, 0.5) is 0 Å². The molecule has 0 aromatic heterocycles. The molecular weight excluding hydrogens is 236 g/mol. The molecule has 0 spiro atoms. The molecule has 0 radical (unpaired) electrons. The number of aliphatic hydroxyl groups excluding tert-OH is 1. The molecule has 100 valence electrons. The van der Waals surface area contributed by atoms with Gasteiger partial charge in [-0.05, 0) is 29.2 Å². The summed E-state index contributed by atoms with van der Waals surface area (Å²) >= 11 is 0. The molecule has 0 saturated heterocycles.